The second kappa shape index (κ2) is 7.46. The Bertz CT molecular complexity index is 174. The van der Waals surface area contributed by atoms with Crippen LogP contribution in [0, 0.1) is 0 Å². The molecule has 2 heteroatoms. The summed E-state index contributed by atoms with van der Waals surface area (Å²) in [7, 11) is 0. The number of aliphatic hydroxyl groups is 1. The van der Waals surface area contributed by atoms with Crippen molar-refractivity contribution >= 4 is 51.4 Å². The number of hydrogen-bond donors (Lipinski definition) is 1. The van der Waals surface area contributed by atoms with Gasteiger partial charge in [-0.1, -0.05) is 30.3 Å². The Morgan fingerprint density at radius 3 is 2.27 bits per heavy atom. The molecule has 1 aromatic rings. The number of aliphatic hydroxyl groups excluding tert-OH is 1. The number of hydrogen-bond acceptors (Lipinski definition) is 1. The quantitative estimate of drug-likeness (QED) is 0.680. The number of aryl methyl sites for hydroxylation is 1. The fraction of sp³-hybridized carbons (Fsp3) is 0.333. The van der Waals surface area contributed by atoms with Gasteiger partial charge >= 0.3 is 51.4 Å². The Kier molecular flexibility index (Phi) is 8.02. The molecule has 0 heterocycles. The molecule has 0 aliphatic rings. The molecule has 0 atom stereocenters. The fourth-order valence-electron chi connectivity index (χ4n) is 0.928. The zero-order valence-electron chi connectivity index (χ0n) is 5.96. The standard InChI is InChI=1S/C9H12O.K.H/c10-8-4-7-9-5-2-1-3-6-9;;/h1-3,5-6,10H,4,7-8H2;;. The van der Waals surface area contributed by atoms with E-state index in [1.54, 1.807) is 0 Å². The topological polar surface area (TPSA) is 20.2 Å². The second-order valence-corrected chi connectivity index (χ2v) is 2.31. The van der Waals surface area contributed by atoms with Crippen molar-refractivity contribution in [3.63, 3.8) is 0 Å². The number of benzene rings is 1. The van der Waals surface area contributed by atoms with Crippen molar-refractivity contribution in [1.82, 2.24) is 0 Å². The van der Waals surface area contributed by atoms with Gasteiger partial charge in [-0.25, -0.2) is 0 Å². The summed E-state index contributed by atoms with van der Waals surface area (Å²) in [5, 5.41) is 8.53. The van der Waals surface area contributed by atoms with E-state index in [1.807, 2.05) is 18.2 Å². The average Bonchev–Trinajstić information content (AvgIpc) is 2.03. The van der Waals surface area contributed by atoms with Crippen LogP contribution >= 0.6 is 0 Å². The van der Waals surface area contributed by atoms with Crippen molar-refractivity contribution in [1.29, 1.82) is 0 Å². The maximum atomic E-state index is 8.53. The molecule has 0 fully saturated rings. The molecule has 0 radical (unpaired) electrons. The van der Waals surface area contributed by atoms with Crippen LogP contribution in [0.3, 0.4) is 0 Å². The monoisotopic (exact) mass is 176 g/mol. The zero-order chi connectivity index (χ0) is 7.23. The van der Waals surface area contributed by atoms with Crippen LogP contribution in [0.1, 0.15) is 12.0 Å². The van der Waals surface area contributed by atoms with Crippen LogP contribution in [0.15, 0.2) is 30.3 Å². The van der Waals surface area contributed by atoms with E-state index in [1.165, 1.54) is 5.56 Å². The van der Waals surface area contributed by atoms with Crippen molar-refractivity contribution in [3.8, 4) is 0 Å². The van der Waals surface area contributed by atoms with Crippen molar-refractivity contribution in [2.24, 2.45) is 0 Å². The van der Waals surface area contributed by atoms with Crippen LogP contribution in [0.2, 0.25) is 0 Å². The van der Waals surface area contributed by atoms with Gasteiger partial charge in [0.1, 0.15) is 0 Å². The van der Waals surface area contributed by atoms with Crippen molar-refractivity contribution in [2.75, 3.05) is 6.61 Å². The van der Waals surface area contributed by atoms with E-state index in [2.05, 4.69) is 12.1 Å². The molecule has 0 aliphatic carbocycles. The first-order chi connectivity index (χ1) is 4.93. The van der Waals surface area contributed by atoms with Crippen molar-refractivity contribution < 1.29 is 5.11 Å². The summed E-state index contributed by atoms with van der Waals surface area (Å²) in [6, 6.07) is 10.2. The van der Waals surface area contributed by atoms with Crippen molar-refractivity contribution in [2.45, 2.75) is 12.8 Å². The third kappa shape index (κ3) is 5.12. The van der Waals surface area contributed by atoms with Crippen LogP contribution in [0.5, 0.6) is 0 Å². The van der Waals surface area contributed by atoms with Crippen LogP contribution in [-0.4, -0.2) is 63.1 Å². The van der Waals surface area contributed by atoms with Gasteiger partial charge in [-0.05, 0) is 18.4 Å². The second-order valence-electron chi connectivity index (χ2n) is 2.31. The molecular weight excluding hydrogens is 163 g/mol. The van der Waals surface area contributed by atoms with Gasteiger partial charge in [-0.2, -0.15) is 0 Å². The molecule has 1 aromatic carbocycles. The van der Waals surface area contributed by atoms with Crippen LogP contribution < -0.4 is 0 Å². The summed E-state index contributed by atoms with van der Waals surface area (Å²) in [5.41, 5.74) is 1.30. The molecular formula is C9H13KO. The first-order valence-electron chi connectivity index (χ1n) is 3.58. The van der Waals surface area contributed by atoms with Gasteiger partial charge in [0.15, 0.2) is 0 Å². The molecule has 1 nitrogen and oxygen atoms in total. The molecule has 0 amide bonds. The molecule has 1 rings (SSSR count). The predicted molar refractivity (Wildman–Crippen MR) is 49.0 cm³/mol. The van der Waals surface area contributed by atoms with E-state index in [0.717, 1.165) is 12.8 Å². The van der Waals surface area contributed by atoms with Gasteiger partial charge < -0.3 is 5.11 Å². The van der Waals surface area contributed by atoms with Gasteiger partial charge in [-0.15, -0.1) is 0 Å². The first kappa shape index (κ1) is 11.8. The maximum absolute atomic E-state index is 8.53. The van der Waals surface area contributed by atoms with E-state index in [0.29, 0.717) is 0 Å². The Balaban J connectivity index is 0.000001000. The summed E-state index contributed by atoms with van der Waals surface area (Å²) in [6.07, 6.45) is 1.85. The van der Waals surface area contributed by atoms with Crippen LogP contribution in [-0.2, 0) is 6.42 Å². The third-order valence-electron chi connectivity index (χ3n) is 1.47. The van der Waals surface area contributed by atoms with Crippen molar-refractivity contribution in [3.05, 3.63) is 35.9 Å². The van der Waals surface area contributed by atoms with Gasteiger partial charge in [0.2, 0.25) is 0 Å². The minimum absolute atomic E-state index is 0. The van der Waals surface area contributed by atoms with E-state index < -0.39 is 0 Å². The van der Waals surface area contributed by atoms with Gasteiger partial charge in [0.05, 0.1) is 0 Å². The molecule has 11 heavy (non-hydrogen) atoms. The Morgan fingerprint density at radius 2 is 1.73 bits per heavy atom. The van der Waals surface area contributed by atoms with E-state index in [-0.39, 0.29) is 58.0 Å². The normalized spacial score (nSPS) is 8.82. The summed E-state index contributed by atoms with van der Waals surface area (Å²) in [4.78, 5) is 0. The SMILES string of the molecule is OCCCc1ccccc1.[KH]. The minimum atomic E-state index is 0. The van der Waals surface area contributed by atoms with Gasteiger partial charge in [0.25, 0.3) is 0 Å². The summed E-state index contributed by atoms with van der Waals surface area (Å²) < 4.78 is 0. The fourth-order valence-corrected chi connectivity index (χ4v) is 0.928. The Morgan fingerprint density at radius 1 is 1.09 bits per heavy atom. The van der Waals surface area contributed by atoms with E-state index >= 15 is 0 Å². The molecule has 0 spiro atoms. The third-order valence-corrected chi connectivity index (χ3v) is 1.47. The molecule has 0 aromatic heterocycles. The zero-order valence-corrected chi connectivity index (χ0v) is 5.96. The Labute approximate surface area is 110 Å². The molecule has 0 aliphatic heterocycles. The first-order valence-corrected chi connectivity index (χ1v) is 3.58. The van der Waals surface area contributed by atoms with Crippen LogP contribution in [0.4, 0.5) is 0 Å². The number of rotatable bonds is 3. The van der Waals surface area contributed by atoms with Gasteiger partial charge in [-0.3, -0.25) is 0 Å². The summed E-state index contributed by atoms with van der Waals surface area (Å²) in [6.45, 7) is 0.287. The molecule has 0 bridgehead atoms. The molecule has 1 N–H and O–H groups in total. The Hall–Kier alpha value is 0.816. The van der Waals surface area contributed by atoms with E-state index in [4.69, 9.17) is 5.11 Å². The summed E-state index contributed by atoms with van der Waals surface area (Å²) in [5.74, 6) is 0. The molecule has 0 saturated carbocycles. The average molecular weight is 176 g/mol. The molecule has 0 saturated heterocycles. The summed E-state index contributed by atoms with van der Waals surface area (Å²) >= 11 is 0. The molecule has 56 valence electrons. The van der Waals surface area contributed by atoms with Crippen LogP contribution in [0.25, 0.3) is 0 Å². The van der Waals surface area contributed by atoms with Gasteiger partial charge in [0, 0.05) is 6.61 Å². The predicted octanol–water partition coefficient (Wildman–Crippen LogP) is 0.963. The molecule has 0 unspecified atom stereocenters. The van der Waals surface area contributed by atoms with E-state index in [9.17, 15) is 0 Å².